The van der Waals surface area contributed by atoms with E-state index in [2.05, 4.69) is 98.4 Å². The number of rotatable bonds is 34. The van der Waals surface area contributed by atoms with Crippen LogP contribution in [0.2, 0.25) is 0 Å². The van der Waals surface area contributed by atoms with Crippen LogP contribution in [0.3, 0.4) is 0 Å². The van der Waals surface area contributed by atoms with Gasteiger partial charge in [-0.25, -0.2) is 4.98 Å². The molecule has 2 aromatic carbocycles. The Labute approximate surface area is 323 Å². The monoisotopic (exact) mass is 711 g/mol. The van der Waals surface area contributed by atoms with Crippen molar-refractivity contribution >= 4 is 0 Å². The molecule has 0 bridgehead atoms. The molecule has 2 unspecified atom stereocenters. The Morgan fingerprint density at radius 1 is 0.500 bits per heavy atom. The zero-order valence-corrected chi connectivity index (χ0v) is 34.6. The van der Waals surface area contributed by atoms with E-state index >= 15 is 0 Å². The normalized spacial score (nSPS) is 13.4. The van der Waals surface area contributed by atoms with Gasteiger partial charge in [0, 0.05) is 30.3 Å². The van der Waals surface area contributed by atoms with E-state index in [-0.39, 0.29) is 5.41 Å². The number of benzene rings is 2. The minimum absolute atomic E-state index is 0.0289. The molecule has 1 aromatic heterocycles. The van der Waals surface area contributed by atoms with E-state index in [0.29, 0.717) is 5.92 Å². The maximum absolute atomic E-state index is 5.17. The molecule has 0 aliphatic carbocycles. The van der Waals surface area contributed by atoms with Gasteiger partial charge < -0.3 is 4.57 Å². The van der Waals surface area contributed by atoms with E-state index in [4.69, 9.17) is 4.98 Å². The lowest BCUT2D eigenvalue weighted by Gasteiger charge is -2.39. The Morgan fingerprint density at radius 2 is 0.904 bits per heavy atom. The third-order valence-corrected chi connectivity index (χ3v) is 12.0. The fraction of sp³-hybridized carbons (Fsp3) is 0.700. The van der Waals surface area contributed by atoms with Crippen LogP contribution in [0.1, 0.15) is 223 Å². The number of imidazole rings is 1. The van der Waals surface area contributed by atoms with Crippen LogP contribution in [0.25, 0.3) is 0 Å². The highest BCUT2D eigenvalue weighted by Gasteiger charge is 2.39. The van der Waals surface area contributed by atoms with Crippen LogP contribution >= 0.6 is 0 Å². The van der Waals surface area contributed by atoms with Crippen molar-refractivity contribution in [2.45, 2.75) is 225 Å². The molecule has 0 saturated heterocycles. The van der Waals surface area contributed by atoms with E-state index in [1.807, 2.05) is 0 Å². The van der Waals surface area contributed by atoms with E-state index in [0.717, 1.165) is 13.0 Å². The molecule has 0 spiro atoms. The zero-order chi connectivity index (χ0) is 36.8. The molecule has 2 heteroatoms. The summed E-state index contributed by atoms with van der Waals surface area (Å²) in [5, 5.41) is 0. The lowest BCUT2D eigenvalue weighted by atomic mass is 9.66. The molecular formula is C50H82N2. The maximum Gasteiger partial charge on any atom is 0.112 e. The molecule has 1 heterocycles. The zero-order valence-electron chi connectivity index (χ0n) is 34.6. The van der Waals surface area contributed by atoms with Gasteiger partial charge in [-0.3, -0.25) is 0 Å². The lowest BCUT2D eigenvalue weighted by molar-refractivity contribution is 0.321. The average Bonchev–Trinajstić information content (AvgIpc) is 3.63. The smallest absolute Gasteiger partial charge is 0.112 e. The SMILES string of the molecule is CCCCCCCCCCCCCCCCCCn1ccnc1C(CCCCCCCCCCCCC)C(C)(Cc1ccccc1)c1ccccc1. The van der Waals surface area contributed by atoms with Crippen LogP contribution in [0.5, 0.6) is 0 Å². The molecule has 2 nitrogen and oxygen atoms in total. The van der Waals surface area contributed by atoms with Crippen molar-refractivity contribution in [3.8, 4) is 0 Å². The summed E-state index contributed by atoms with van der Waals surface area (Å²) in [4.78, 5) is 5.17. The first kappa shape index (κ1) is 44.0. The van der Waals surface area contributed by atoms with Gasteiger partial charge in [-0.2, -0.15) is 0 Å². The molecule has 0 aliphatic rings. The summed E-state index contributed by atoms with van der Waals surface area (Å²) in [5.74, 6) is 1.69. The molecule has 0 saturated carbocycles. The van der Waals surface area contributed by atoms with Crippen LogP contribution in [0.4, 0.5) is 0 Å². The molecule has 0 fully saturated rings. The highest BCUT2D eigenvalue weighted by atomic mass is 15.1. The molecular weight excluding hydrogens is 629 g/mol. The fourth-order valence-corrected chi connectivity index (χ4v) is 8.66. The minimum atomic E-state index is -0.0289. The van der Waals surface area contributed by atoms with Crippen molar-refractivity contribution < 1.29 is 0 Å². The summed E-state index contributed by atoms with van der Waals surface area (Å²) in [6.45, 7) is 8.25. The predicted octanol–water partition coefficient (Wildman–Crippen LogP) is 16.1. The minimum Gasteiger partial charge on any atom is -0.335 e. The second kappa shape index (κ2) is 29.1. The number of aryl methyl sites for hydroxylation is 1. The van der Waals surface area contributed by atoms with Crippen molar-refractivity contribution in [3.63, 3.8) is 0 Å². The number of aromatic nitrogens is 2. The Hall–Kier alpha value is -2.35. The first-order valence-corrected chi connectivity index (χ1v) is 22.8. The first-order valence-electron chi connectivity index (χ1n) is 22.8. The average molecular weight is 711 g/mol. The molecule has 0 aliphatic heterocycles. The molecule has 0 radical (unpaired) electrons. The van der Waals surface area contributed by atoms with Crippen molar-refractivity contribution in [2.24, 2.45) is 0 Å². The van der Waals surface area contributed by atoms with Crippen LogP contribution in [0.15, 0.2) is 73.1 Å². The summed E-state index contributed by atoms with van der Waals surface area (Å²) in [7, 11) is 0. The highest BCUT2D eigenvalue weighted by Crippen LogP contribution is 2.44. The summed E-state index contributed by atoms with van der Waals surface area (Å²) < 4.78 is 2.54. The van der Waals surface area contributed by atoms with Crippen LogP contribution in [0, 0.1) is 0 Å². The van der Waals surface area contributed by atoms with Crippen LogP contribution < -0.4 is 0 Å². The summed E-state index contributed by atoms with van der Waals surface area (Å²) in [5.41, 5.74) is 2.84. The number of nitrogens with zero attached hydrogens (tertiary/aromatic N) is 2. The van der Waals surface area contributed by atoms with Gasteiger partial charge in [-0.1, -0.05) is 248 Å². The molecule has 0 N–H and O–H groups in total. The van der Waals surface area contributed by atoms with E-state index in [9.17, 15) is 0 Å². The largest absolute Gasteiger partial charge is 0.335 e. The maximum atomic E-state index is 5.17. The number of unbranched alkanes of at least 4 members (excludes halogenated alkanes) is 25. The van der Waals surface area contributed by atoms with E-state index in [1.165, 1.54) is 197 Å². The van der Waals surface area contributed by atoms with Gasteiger partial charge in [0.1, 0.15) is 5.82 Å². The van der Waals surface area contributed by atoms with Crippen LogP contribution in [-0.2, 0) is 18.4 Å². The lowest BCUT2D eigenvalue weighted by Crippen LogP contribution is -2.35. The summed E-state index contributed by atoms with van der Waals surface area (Å²) >= 11 is 0. The molecule has 3 aromatic rings. The number of hydrogen-bond donors (Lipinski definition) is 0. The van der Waals surface area contributed by atoms with Crippen molar-refractivity contribution in [2.75, 3.05) is 0 Å². The van der Waals surface area contributed by atoms with Gasteiger partial charge in [0.25, 0.3) is 0 Å². The Morgan fingerprint density at radius 3 is 1.37 bits per heavy atom. The van der Waals surface area contributed by atoms with Gasteiger partial charge >= 0.3 is 0 Å². The second-order valence-electron chi connectivity index (χ2n) is 16.6. The molecule has 0 amide bonds. The topological polar surface area (TPSA) is 17.8 Å². The third kappa shape index (κ3) is 18.1. The van der Waals surface area contributed by atoms with Crippen LogP contribution in [-0.4, -0.2) is 9.55 Å². The number of hydrogen-bond acceptors (Lipinski definition) is 1. The van der Waals surface area contributed by atoms with Gasteiger partial charge in [-0.05, 0) is 30.4 Å². The third-order valence-electron chi connectivity index (χ3n) is 12.0. The molecule has 2 atom stereocenters. The van der Waals surface area contributed by atoms with E-state index in [1.54, 1.807) is 0 Å². The highest BCUT2D eigenvalue weighted by molar-refractivity contribution is 5.33. The predicted molar refractivity (Wildman–Crippen MR) is 230 cm³/mol. The molecule has 52 heavy (non-hydrogen) atoms. The van der Waals surface area contributed by atoms with Crippen molar-refractivity contribution in [1.29, 1.82) is 0 Å². The molecule has 3 rings (SSSR count). The Kier molecular flexibility index (Phi) is 24.6. The Bertz CT molecular complexity index is 1200. The molecule has 292 valence electrons. The summed E-state index contributed by atoms with van der Waals surface area (Å²) in [6.07, 6.45) is 44.5. The standard InChI is InChI=1S/C50H82N2/c1-4-6-8-10-12-14-16-17-18-19-20-22-24-26-28-36-43-52-44-42-51-49(52)48(41-35-27-25-23-21-15-13-11-9-7-5-2)50(3,47-39-33-30-34-40-47)45-46-37-31-29-32-38-46/h29-34,37-40,42,44,48H,4-28,35-36,41,43,45H2,1-3H3. The Balaban J connectivity index is 1.50. The van der Waals surface area contributed by atoms with Gasteiger partial charge in [-0.15, -0.1) is 0 Å². The van der Waals surface area contributed by atoms with Gasteiger partial charge in [0.05, 0.1) is 0 Å². The quantitative estimate of drug-likeness (QED) is 0.0564. The van der Waals surface area contributed by atoms with Gasteiger partial charge in [0.2, 0.25) is 0 Å². The van der Waals surface area contributed by atoms with Crippen molar-refractivity contribution in [1.82, 2.24) is 9.55 Å². The van der Waals surface area contributed by atoms with Gasteiger partial charge in [0.15, 0.2) is 0 Å². The van der Waals surface area contributed by atoms with E-state index < -0.39 is 0 Å². The van der Waals surface area contributed by atoms with Crippen molar-refractivity contribution in [3.05, 3.63) is 90.0 Å². The summed E-state index contributed by atoms with van der Waals surface area (Å²) in [6, 6.07) is 22.6. The fourth-order valence-electron chi connectivity index (χ4n) is 8.66. The first-order chi connectivity index (χ1) is 25.7. The second-order valence-corrected chi connectivity index (χ2v) is 16.6.